The first kappa shape index (κ1) is 10.6. The zero-order valence-corrected chi connectivity index (χ0v) is 8.88. The second-order valence-electron chi connectivity index (χ2n) is 3.56. The molecular weight excluding hydrogens is 190 g/mol. The summed E-state index contributed by atoms with van der Waals surface area (Å²) in [4.78, 5) is 13.2. The van der Waals surface area contributed by atoms with E-state index in [0.717, 1.165) is 12.8 Å². The van der Waals surface area contributed by atoms with Gasteiger partial charge in [0.15, 0.2) is 6.07 Å². The lowest BCUT2D eigenvalue weighted by molar-refractivity contribution is 0.0655. The van der Waals surface area contributed by atoms with Gasteiger partial charge in [0, 0.05) is 12.1 Å². The minimum atomic E-state index is -0.283. The van der Waals surface area contributed by atoms with Gasteiger partial charge in [0.2, 0.25) is 0 Å². The second kappa shape index (κ2) is 4.70. The highest BCUT2D eigenvalue weighted by molar-refractivity contribution is 6.17. The van der Waals surface area contributed by atoms with Crippen LogP contribution in [0.5, 0.6) is 0 Å². The molecule has 0 spiro atoms. The van der Waals surface area contributed by atoms with Crippen molar-refractivity contribution in [2.75, 3.05) is 6.07 Å². The monoisotopic (exact) mass is 205 g/mol. The predicted molar refractivity (Wildman–Crippen MR) is 51.8 cm³/mol. The van der Waals surface area contributed by atoms with Crippen molar-refractivity contribution in [1.29, 1.82) is 0 Å². The molecule has 1 saturated heterocycles. The summed E-state index contributed by atoms with van der Waals surface area (Å²) < 4.78 is 4.77. The topological polar surface area (TPSA) is 29.5 Å². The average Bonchev–Trinajstić information content (AvgIpc) is 2.04. The Bertz CT molecular complexity index is 176. The van der Waals surface area contributed by atoms with Crippen molar-refractivity contribution in [3.63, 3.8) is 0 Å². The number of piperidine rings is 1. The van der Waals surface area contributed by atoms with E-state index >= 15 is 0 Å². The van der Waals surface area contributed by atoms with Gasteiger partial charge in [0.05, 0.1) is 0 Å². The Labute approximate surface area is 84.0 Å². The molecule has 1 rings (SSSR count). The Morgan fingerprint density at radius 3 is 2.46 bits per heavy atom. The quantitative estimate of drug-likeness (QED) is 0.616. The zero-order chi connectivity index (χ0) is 9.84. The van der Waals surface area contributed by atoms with Crippen molar-refractivity contribution in [2.45, 2.75) is 45.2 Å². The highest BCUT2D eigenvalue weighted by Gasteiger charge is 2.29. The highest BCUT2D eigenvalue weighted by atomic mass is 35.5. The van der Waals surface area contributed by atoms with Gasteiger partial charge in [0.25, 0.3) is 0 Å². The van der Waals surface area contributed by atoms with Crippen LogP contribution >= 0.6 is 11.6 Å². The van der Waals surface area contributed by atoms with E-state index in [2.05, 4.69) is 0 Å². The molecule has 0 saturated carbocycles. The second-order valence-corrected chi connectivity index (χ2v) is 3.77. The van der Waals surface area contributed by atoms with Gasteiger partial charge >= 0.3 is 6.09 Å². The van der Waals surface area contributed by atoms with Crippen molar-refractivity contribution in [2.24, 2.45) is 0 Å². The zero-order valence-electron chi connectivity index (χ0n) is 8.12. The lowest BCUT2D eigenvalue weighted by atomic mass is 9.98. The molecule has 0 bridgehead atoms. The molecule has 1 amide bonds. The van der Waals surface area contributed by atoms with Crippen LogP contribution in [0.3, 0.4) is 0 Å². The number of hydrogen-bond donors (Lipinski definition) is 0. The molecule has 0 aromatic rings. The van der Waals surface area contributed by atoms with Crippen molar-refractivity contribution in [3.8, 4) is 0 Å². The Kier molecular flexibility index (Phi) is 3.85. The highest BCUT2D eigenvalue weighted by Crippen LogP contribution is 2.23. The molecule has 2 unspecified atom stereocenters. The van der Waals surface area contributed by atoms with Crippen molar-refractivity contribution in [1.82, 2.24) is 4.90 Å². The predicted octanol–water partition coefficient (Wildman–Crippen LogP) is 2.58. The molecule has 0 aliphatic carbocycles. The minimum absolute atomic E-state index is 0.0607. The molecule has 0 N–H and O–H groups in total. The number of carbonyl (C=O) groups is 1. The molecule has 0 aromatic heterocycles. The number of nitrogens with zero attached hydrogens (tertiary/aromatic N) is 1. The van der Waals surface area contributed by atoms with E-state index in [4.69, 9.17) is 16.3 Å². The average molecular weight is 206 g/mol. The number of alkyl halides is 1. The first-order chi connectivity index (χ1) is 6.16. The number of rotatable bonds is 1. The van der Waals surface area contributed by atoms with Gasteiger partial charge in [-0.2, -0.15) is 0 Å². The number of hydrogen-bond acceptors (Lipinski definition) is 2. The SMILES string of the molecule is CC1CCCC(C)N1C(=O)OCCl. The normalized spacial score (nSPS) is 28.7. The standard InChI is InChI=1S/C9H16ClNO2/c1-7-4-3-5-8(2)11(7)9(12)13-6-10/h7-8H,3-6H2,1-2H3. The third-order valence-electron chi connectivity index (χ3n) is 2.58. The fourth-order valence-electron chi connectivity index (χ4n) is 1.90. The summed E-state index contributed by atoms with van der Waals surface area (Å²) in [5.74, 6) is 0. The molecule has 3 nitrogen and oxygen atoms in total. The van der Waals surface area contributed by atoms with Crippen LogP contribution in [-0.2, 0) is 4.74 Å². The van der Waals surface area contributed by atoms with Crippen molar-refractivity contribution < 1.29 is 9.53 Å². The largest absolute Gasteiger partial charge is 0.433 e. The molecule has 0 radical (unpaired) electrons. The van der Waals surface area contributed by atoms with Crippen LogP contribution < -0.4 is 0 Å². The molecule has 1 aliphatic heterocycles. The summed E-state index contributed by atoms with van der Waals surface area (Å²) >= 11 is 5.34. The number of likely N-dealkylation sites (tertiary alicyclic amines) is 1. The fraction of sp³-hybridized carbons (Fsp3) is 0.889. The van der Waals surface area contributed by atoms with Crippen LogP contribution in [0.4, 0.5) is 4.79 Å². The summed E-state index contributed by atoms with van der Waals surface area (Å²) in [6.07, 6.45) is 3.02. The third-order valence-corrected chi connectivity index (χ3v) is 2.69. The van der Waals surface area contributed by atoms with E-state index in [1.807, 2.05) is 13.8 Å². The van der Waals surface area contributed by atoms with Gasteiger partial charge < -0.3 is 9.64 Å². The van der Waals surface area contributed by atoms with Crippen LogP contribution in [-0.4, -0.2) is 29.1 Å². The maximum atomic E-state index is 11.4. The van der Waals surface area contributed by atoms with Crippen LogP contribution in [0.25, 0.3) is 0 Å². The molecule has 0 aromatic carbocycles. The lowest BCUT2D eigenvalue weighted by Gasteiger charge is -2.37. The fourth-order valence-corrected chi connectivity index (χ4v) is 2.00. The van der Waals surface area contributed by atoms with Gasteiger partial charge in [-0.3, -0.25) is 0 Å². The molecule has 1 aliphatic rings. The van der Waals surface area contributed by atoms with E-state index in [1.165, 1.54) is 6.42 Å². The smallest absolute Gasteiger partial charge is 0.411 e. The molecule has 76 valence electrons. The molecule has 2 atom stereocenters. The molecule has 1 heterocycles. The Balaban J connectivity index is 2.57. The third kappa shape index (κ3) is 2.50. The summed E-state index contributed by atoms with van der Waals surface area (Å²) in [6, 6.07) is 0.494. The lowest BCUT2D eigenvalue weighted by Crippen LogP contribution is -2.47. The van der Waals surface area contributed by atoms with E-state index in [9.17, 15) is 4.79 Å². The first-order valence-electron chi connectivity index (χ1n) is 4.68. The molecular formula is C9H16ClNO2. The summed E-state index contributed by atoms with van der Waals surface area (Å²) in [5, 5.41) is 0. The van der Waals surface area contributed by atoms with Gasteiger partial charge in [-0.15, -0.1) is 0 Å². The van der Waals surface area contributed by atoms with E-state index in [-0.39, 0.29) is 24.2 Å². The van der Waals surface area contributed by atoms with Crippen LogP contribution in [0.1, 0.15) is 33.1 Å². The Morgan fingerprint density at radius 1 is 1.46 bits per heavy atom. The van der Waals surface area contributed by atoms with Crippen LogP contribution in [0.15, 0.2) is 0 Å². The molecule has 13 heavy (non-hydrogen) atoms. The summed E-state index contributed by atoms with van der Waals surface area (Å²) in [6.45, 7) is 4.09. The van der Waals surface area contributed by atoms with E-state index < -0.39 is 0 Å². The van der Waals surface area contributed by atoms with Gasteiger partial charge in [-0.1, -0.05) is 11.6 Å². The Morgan fingerprint density at radius 2 is 2.00 bits per heavy atom. The molecule has 1 fully saturated rings. The number of ether oxygens (including phenoxy) is 1. The maximum absolute atomic E-state index is 11.4. The number of carbonyl (C=O) groups excluding carboxylic acids is 1. The van der Waals surface area contributed by atoms with E-state index in [0.29, 0.717) is 0 Å². The summed E-state index contributed by atoms with van der Waals surface area (Å²) in [7, 11) is 0. The maximum Gasteiger partial charge on any atom is 0.411 e. The molecule has 4 heteroatoms. The van der Waals surface area contributed by atoms with Crippen molar-refractivity contribution in [3.05, 3.63) is 0 Å². The van der Waals surface area contributed by atoms with Gasteiger partial charge in [-0.05, 0) is 33.1 Å². The van der Waals surface area contributed by atoms with Crippen molar-refractivity contribution >= 4 is 17.7 Å². The van der Waals surface area contributed by atoms with Crippen LogP contribution in [0.2, 0.25) is 0 Å². The van der Waals surface area contributed by atoms with Crippen LogP contribution in [0, 0.1) is 0 Å². The first-order valence-corrected chi connectivity index (χ1v) is 5.21. The van der Waals surface area contributed by atoms with Gasteiger partial charge in [-0.25, -0.2) is 4.79 Å². The van der Waals surface area contributed by atoms with E-state index in [1.54, 1.807) is 4.90 Å². The number of amides is 1. The number of halogens is 1. The van der Waals surface area contributed by atoms with Gasteiger partial charge in [0.1, 0.15) is 0 Å². The Hall–Kier alpha value is -0.440. The minimum Gasteiger partial charge on any atom is -0.433 e. The summed E-state index contributed by atoms with van der Waals surface area (Å²) in [5.41, 5.74) is 0.